The van der Waals surface area contributed by atoms with Crippen LogP contribution in [0.3, 0.4) is 0 Å². The van der Waals surface area contributed by atoms with Crippen LogP contribution in [0.4, 0.5) is 5.69 Å². The lowest BCUT2D eigenvalue weighted by molar-refractivity contribution is -0.142. The SMILES string of the molecule is CCOC(=O)Cc1ccccc1NC(=O)c1cc2[nH]ccc2c(-c2cccc(CN)c2)n1. The Labute approximate surface area is 185 Å². The standard InChI is InChI=1S/C25H24N4O3/c1-2-32-23(30)13-17-7-3-4-9-20(17)29-25(31)22-14-21-19(10-11-27-21)24(28-22)18-8-5-6-16(12-18)15-26/h3-12,14,27H,2,13,15,26H2,1H3,(H,29,31). The van der Waals surface area contributed by atoms with Gasteiger partial charge in [-0.3, -0.25) is 9.59 Å². The highest BCUT2D eigenvalue weighted by Crippen LogP contribution is 2.28. The molecule has 4 aromatic rings. The quantitative estimate of drug-likeness (QED) is 0.385. The summed E-state index contributed by atoms with van der Waals surface area (Å²) in [6.07, 6.45) is 1.89. The molecule has 7 heteroatoms. The molecule has 0 aliphatic carbocycles. The van der Waals surface area contributed by atoms with Gasteiger partial charge < -0.3 is 20.8 Å². The molecule has 0 fully saturated rings. The summed E-state index contributed by atoms with van der Waals surface area (Å²) < 4.78 is 5.04. The maximum absolute atomic E-state index is 13.1. The molecule has 2 aromatic carbocycles. The van der Waals surface area contributed by atoms with Crippen molar-refractivity contribution in [2.75, 3.05) is 11.9 Å². The number of ether oxygens (including phenoxy) is 1. The molecule has 0 saturated carbocycles. The maximum Gasteiger partial charge on any atom is 0.310 e. The molecule has 162 valence electrons. The van der Waals surface area contributed by atoms with Crippen molar-refractivity contribution in [2.24, 2.45) is 5.73 Å². The number of carbonyl (C=O) groups is 2. The first-order chi connectivity index (χ1) is 15.6. The van der Waals surface area contributed by atoms with Crippen LogP contribution in [0.2, 0.25) is 0 Å². The Kier molecular flexibility index (Phi) is 6.28. The second-order valence-corrected chi connectivity index (χ2v) is 7.29. The van der Waals surface area contributed by atoms with Crippen LogP contribution in [0.25, 0.3) is 22.2 Å². The van der Waals surface area contributed by atoms with Gasteiger partial charge in [0, 0.05) is 34.9 Å². The van der Waals surface area contributed by atoms with Gasteiger partial charge in [-0.2, -0.15) is 0 Å². The van der Waals surface area contributed by atoms with Crippen LogP contribution in [0.5, 0.6) is 0 Å². The largest absolute Gasteiger partial charge is 0.466 e. The lowest BCUT2D eigenvalue weighted by Gasteiger charge is -2.12. The second-order valence-electron chi connectivity index (χ2n) is 7.29. The van der Waals surface area contributed by atoms with E-state index in [1.165, 1.54) is 0 Å². The summed E-state index contributed by atoms with van der Waals surface area (Å²) >= 11 is 0. The summed E-state index contributed by atoms with van der Waals surface area (Å²) in [5, 5.41) is 3.80. The van der Waals surface area contributed by atoms with Crippen molar-refractivity contribution in [2.45, 2.75) is 19.9 Å². The Morgan fingerprint density at radius 2 is 1.94 bits per heavy atom. The molecule has 0 saturated heterocycles. The predicted molar refractivity (Wildman–Crippen MR) is 124 cm³/mol. The minimum Gasteiger partial charge on any atom is -0.466 e. The highest BCUT2D eigenvalue weighted by molar-refractivity contribution is 6.07. The van der Waals surface area contributed by atoms with Crippen molar-refractivity contribution in [1.29, 1.82) is 0 Å². The van der Waals surface area contributed by atoms with Gasteiger partial charge in [-0.1, -0.05) is 36.4 Å². The Hall–Kier alpha value is -3.97. The Balaban J connectivity index is 1.68. The molecular weight excluding hydrogens is 404 g/mol. The second kappa shape index (κ2) is 9.45. The van der Waals surface area contributed by atoms with E-state index in [0.717, 1.165) is 22.0 Å². The van der Waals surface area contributed by atoms with E-state index < -0.39 is 0 Å². The number of pyridine rings is 1. The molecule has 0 spiro atoms. The molecule has 7 nitrogen and oxygen atoms in total. The van der Waals surface area contributed by atoms with Crippen LogP contribution in [-0.2, 0) is 22.5 Å². The normalized spacial score (nSPS) is 10.8. The number of nitrogens with zero attached hydrogens (tertiary/aromatic N) is 1. The van der Waals surface area contributed by atoms with E-state index in [4.69, 9.17) is 10.5 Å². The average molecular weight is 428 g/mol. The first kappa shape index (κ1) is 21.3. The number of anilines is 1. The number of amides is 1. The fourth-order valence-corrected chi connectivity index (χ4v) is 3.59. The minimum atomic E-state index is -0.367. The zero-order valence-corrected chi connectivity index (χ0v) is 17.7. The van der Waals surface area contributed by atoms with E-state index >= 15 is 0 Å². The van der Waals surface area contributed by atoms with Gasteiger partial charge in [-0.05, 0) is 42.3 Å². The van der Waals surface area contributed by atoms with Crippen molar-refractivity contribution >= 4 is 28.5 Å². The zero-order valence-electron chi connectivity index (χ0n) is 17.7. The van der Waals surface area contributed by atoms with Crippen LogP contribution >= 0.6 is 0 Å². The first-order valence-corrected chi connectivity index (χ1v) is 10.4. The monoisotopic (exact) mass is 428 g/mol. The molecule has 2 heterocycles. The molecule has 0 unspecified atom stereocenters. The number of para-hydroxylation sites is 1. The molecule has 4 rings (SSSR count). The lowest BCUT2D eigenvalue weighted by Crippen LogP contribution is -2.17. The van der Waals surface area contributed by atoms with E-state index in [1.807, 2.05) is 42.6 Å². The van der Waals surface area contributed by atoms with E-state index in [0.29, 0.717) is 30.1 Å². The van der Waals surface area contributed by atoms with Gasteiger partial charge in [0.2, 0.25) is 0 Å². The van der Waals surface area contributed by atoms with E-state index in [1.54, 1.807) is 31.2 Å². The van der Waals surface area contributed by atoms with Crippen molar-refractivity contribution in [1.82, 2.24) is 9.97 Å². The van der Waals surface area contributed by atoms with Gasteiger partial charge in [-0.15, -0.1) is 0 Å². The molecule has 1 amide bonds. The van der Waals surface area contributed by atoms with Crippen molar-refractivity contribution in [3.63, 3.8) is 0 Å². The smallest absolute Gasteiger partial charge is 0.310 e. The van der Waals surface area contributed by atoms with Crippen LogP contribution in [0.15, 0.2) is 66.9 Å². The Morgan fingerprint density at radius 3 is 2.75 bits per heavy atom. The van der Waals surface area contributed by atoms with E-state index in [2.05, 4.69) is 15.3 Å². The molecule has 0 aliphatic rings. The van der Waals surface area contributed by atoms with Crippen molar-refractivity contribution < 1.29 is 14.3 Å². The van der Waals surface area contributed by atoms with Gasteiger partial charge in [0.1, 0.15) is 5.69 Å². The third-order valence-corrected chi connectivity index (χ3v) is 5.12. The average Bonchev–Trinajstić information content (AvgIpc) is 3.28. The molecule has 0 atom stereocenters. The van der Waals surface area contributed by atoms with Gasteiger partial charge in [-0.25, -0.2) is 4.98 Å². The zero-order chi connectivity index (χ0) is 22.5. The van der Waals surface area contributed by atoms with Crippen LogP contribution in [0.1, 0.15) is 28.5 Å². The summed E-state index contributed by atoms with van der Waals surface area (Å²) in [6, 6.07) is 18.6. The third kappa shape index (κ3) is 4.53. The Morgan fingerprint density at radius 1 is 1.09 bits per heavy atom. The number of hydrogen-bond donors (Lipinski definition) is 3. The molecular formula is C25H24N4O3. The van der Waals surface area contributed by atoms with Gasteiger partial charge in [0.25, 0.3) is 5.91 Å². The summed E-state index contributed by atoms with van der Waals surface area (Å²) in [4.78, 5) is 32.9. The molecule has 32 heavy (non-hydrogen) atoms. The highest BCUT2D eigenvalue weighted by Gasteiger charge is 2.17. The fraction of sp³-hybridized carbons (Fsp3) is 0.160. The summed E-state index contributed by atoms with van der Waals surface area (Å²) in [5.41, 5.74) is 10.7. The van der Waals surface area contributed by atoms with Gasteiger partial charge in [0.15, 0.2) is 0 Å². The number of aromatic amines is 1. The number of benzene rings is 2. The number of H-pyrrole nitrogens is 1. The molecule has 0 bridgehead atoms. The van der Waals surface area contributed by atoms with Crippen molar-refractivity contribution in [3.05, 3.63) is 83.7 Å². The summed E-state index contributed by atoms with van der Waals surface area (Å²) in [6.45, 7) is 2.48. The number of fused-ring (bicyclic) bond motifs is 1. The molecule has 0 aliphatic heterocycles. The molecule has 0 radical (unpaired) electrons. The third-order valence-electron chi connectivity index (χ3n) is 5.12. The van der Waals surface area contributed by atoms with Crippen LogP contribution in [0, 0.1) is 0 Å². The minimum absolute atomic E-state index is 0.0739. The van der Waals surface area contributed by atoms with E-state index in [9.17, 15) is 9.59 Å². The van der Waals surface area contributed by atoms with Gasteiger partial charge in [0.05, 0.1) is 18.7 Å². The number of esters is 1. The van der Waals surface area contributed by atoms with E-state index in [-0.39, 0.29) is 24.0 Å². The number of nitrogens with one attached hydrogen (secondary N) is 2. The molecule has 4 N–H and O–H groups in total. The predicted octanol–water partition coefficient (Wildman–Crippen LogP) is 4.05. The molecule has 2 aromatic heterocycles. The summed E-state index contributed by atoms with van der Waals surface area (Å²) in [5.74, 6) is -0.712. The number of nitrogens with two attached hydrogens (primary N) is 1. The number of carbonyl (C=O) groups excluding carboxylic acids is 2. The summed E-state index contributed by atoms with van der Waals surface area (Å²) in [7, 11) is 0. The number of aromatic nitrogens is 2. The van der Waals surface area contributed by atoms with Crippen LogP contribution < -0.4 is 11.1 Å². The number of hydrogen-bond acceptors (Lipinski definition) is 5. The fourth-order valence-electron chi connectivity index (χ4n) is 3.59. The van der Waals surface area contributed by atoms with Gasteiger partial charge >= 0.3 is 5.97 Å². The first-order valence-electron chi connectivity index (χ1n) is 10.4. The van der Waals surface area contributed by atoms with Crippen molar-refractivity contribution in [3.8, 4) is 11.3 Å². The maximum atomic E-state index is 13.1. The lowest BCUT2D eigenvalue weighted by atomic mass is 10.0. The highest BCUT2D eigenvalue weighted by atomic mass is 16.5. The van der Waals surface area contributed by atoms with Crippen LogP contribution in [-0.4, -0.2) is 28.5 Å². The topological polar surface area (TPSA) is 110 Å². The number of rotatable bonds is 7. The Bertz CT molecular complexity index is 1280.